The highest BCUT2D eigenvalue weighted by molar-refractivity contribution is 9.10. The molecule has 0 aliphatic rings. The predicted molar refractivity (Wildman–Crippen MR) is 111 cm³/mol. The number of benzene rings is 2. The highest BCUT2D eigenvalue weighted by Gasteiger charge is 2.11. The summed E-state index contributed by atoms with van der Waals surface area (Å²) in [6.07, 6.45) is 0.957. The lowest BCUT2D eigenvalue weighted by Crippen LogP contribution is -2.16. The van der Waals surface area contributed by atoms with Crippen LogP contribution in [0.4, 0.5) is 5.69 Å². The number of nitrogens with zero attached hydrogens (tertiary/aromatic N) is 1. The quantitative estimate of drug-likeness (QED) is 0.290. The first-order valence-corrected chi connectivity index (χ1v) is 9.85. The third kappa shape index (κ3) is 6.78. The Labute approximate surface area is 173 Å². The summed E-state index contributed by atoms with van der Waals surface area (Å²) in [7, 11) is 1.60. The van der Waals surface area contributed by atoms with Crippen molar-refractivity contribution in [3.63, 3.8) is 0 Å². The van der Waals surface area contributed by atoms with Crippen molar-refractivity contribution < 1.29 is 19.1 Å². The first-order chi connectivity index (χ1) is 13.5. The van der Waals surface area contributed by atoms with Gasteiger partial charge >= 0.3 is 0 Å². The van der Waals surface area contributed by atoms with Gasteiger partial charge in [0, 0.05) is 36.4 Å². The Morgan fingerprint density at radius 3 is 2.57 bits per heavy atom. The molecule has 0 bridgehead atoms. The maximum absolute atomic E-state index is 10.7. The minimum atomic E-state index is -0.422. The summed E-state index contributed by atoms with van der Waals surface area (Å²) in [5.41, 5.74) is 1.96. The van der Waals surface area contributed by atoms with Crippen molar-refractivity contribution in [2.24, 2.45) is 0 Å². The first-order valence-electron chi connectivity index (χ1n) is 9.06. The Morgan fingerprint density at radius 2 is 1.93 bits per heavy atom. The predicted octanol–water partition coefficient (Wildman–Crippen LogP) is 4.46. The molecule has 0 atom stereocenters. The molecule has 2 rings (SSSR count). The van der Waals surface area contributed by atoms with Crippen molar-refractivity contribution >= 4 is 21.6 Å². The van der Waals surface area contributed by atoms with Gasteiger partial charge in [0.15, 0.2) is 11.5 Å². The second-order valence-corrected chi connectivity index (χ2v) is 6.89. The average molecular weight is 453 g/mol. The van der Waals surface area contributed by atoms with E-state index in [1.165, 1.54) is 12.1 Å². The van der Waals surface area contributed by atoms with Crippen molar-refractivity contribution in [3.8, 4) is 11.5 Å². The molecule has 0 amide bonds. The number of ether oxygens (including phenoxy) is 3. The fourth-order valence-electron chi connectivity index (χ4n) is 2.53. The normalized spacial score (nSPS) is 10.7. The van der Waals surface area contributed by atoms with Crippen molar-refractivity contribution in [2.45, 2.75) is 26.5 Å². The van der Waals surface area contributed by atoms with Crippen LogP contribution in [-0.2, 0) is 17.9 Å². The van der Waals surface area contributed by atoms with Crippen LogP contribution in [0.15, 0.2) is 40.9 Å². The molecule has 1 N–H and O–H groups in total. The molecule has 0 saturated carbocycles. The molecule has 28 heavy (non-hydrogen) atoms. The van der Waals surface area contributed by atoms with E-state index >= 15 is 0 Å². The van der Waals surface area contributed by atoms with Gasteiger partial charge in [0.25, 0.3) is 5.69 Å². The third-order valence-electron chi connectivity index (χ3n) is 4.04. The van der Waals surface area contributed by atoms with Gasteiger partial charge in [-0.1, -0.05) is 15.9 Å². The average Bonchev–Trinajstić information content (AvgIpc) is 2.70. The molecule has 0 aliphatic carbocycles. The second-order valence-electron chi connectivity index (χ2n) is 6.03. The molecular formula is C20H25BrN2O5. The van der Waals surface area contributed by atoms with E-state index in [1.807, 2.05) is 19.1 Å². The smallest absolute Gasteiger partial charge is 0.269 e. The van der Waals surface area contributed by atoms with E-state index in [1.54, 1.807) is 19.2 Å². The summed E-state index contributed by atoms with van der Waals surface area (Å²) >= 11 is 3.58. The Balaban J connectivity index is 1.95. The summed E-state index contributed by atoms with van der Waals surface area (Å²) in [5.74, 6) is 1.24. The number of nitro benzene ring substituents is 1. The van der Waals surface area contributed by atoms with Crippen molar-refractivity contribution in [1.82, 2.24) is 5.32 Å². The maximum atomic E-state index is 10.7. The monoisotopic (exact) mass is 452 g/mol. The van der Waals surface area contributed by atoms with Crippen LogP contribution >= 0.6 is 15.9 Å². The number of hydrogen-bond donors (Lipinski definition) is 1. The number of nitrogens with one attached hydrogen (secondary N) is 1. The van der Waals surface area contributed by atoms with Crippen LogP contribution in [-0.4, -0.2) is 31.8 Å². The molecule has 7 nitrogen and oxygen atoms in total. The van der Waals surface area contributed by atoms with Gasteiger partial charge in [-0.05, 0) is 55.3 Å². The summed E-state index contributed by atoms with van der Waals surface area (Å²) in [5, 5.41) is 14.1. The van der Waals surface area contributed by atoms with Gasteiger partial charge in [-0.2, -0.15) is 0 Å². The minimum absolute atomic E-state index is 0.0576. The Bertz CT molecular complexity index is 768. The number of rotatable bonds is 12. The third-order valence-corrected chi connectivity index (χ3v) is 4.77. The Kier molecular flexibility index (Phi) is 9.19. The fourth-order valence-corrected chi connectivity index (χ4v) is 2.99. The van der Waals surface area contributed by atoms with E-state index in [0.29, 0.717) is 18.0 Å². The standard InChI is InChI=1S/C20H25BrN2O5/c1-3-27-10-4-9-22-13-16-11-19(26-2)20(12-18(16)21)28-14-15-5-7-17(8-6-15)23(24)25/h5-8,11-12,22H,3-4,9-10,13-14H2,1-2H3. The lowest BCUT2D eigenvalue weighted by molar-refractivity contribution is -0.384. The van der Waals surface area contributed by atoms with Gasteiger partial charge in [0.05, 0.1) is 12.0 Å². The molecule has 0 aliphatic heterocycles. The lowest BCUT2D eigenvalue weighted by Gasteiger charge is -2.14. The van der Waals surface area contributed by atoms with Gasteiger partial charge in [-0.3, -0.25) is 10.1 Å². The highest BCUT2D eigenvalue weighted by atomic mass is 79.9. The first kappa shape index (κ1) is 22.1. The highest BCUT2D eigenvalue weighted by Crippen LogP contribution is 2.34. The van der Waals surface area contributed by atoms with E-state index in [-0.39, 0.29) is 12.3 Å². The van der Waals surface area contributed by atoms with Crippen LogP contribution in [0.3, 0.4) is 0 Å². The number of non-ortho nitro benzene ring substituents is 1. The van der Waals surface area contributed by atoms with E-state index in [0.717, 1.165) is 41.8 Å². The zero-order valence-electron chi connectivity index (χ0n) is 16.1. The molecule has 0 heterocycles. The molecular weight excluding hydrogens is 428 g/mol. The number of methoxy groups -OCH3 is 1. The SMILES string of the molecule is CCOCCCNCc1cc(OC)c(OCc2ccc([N+](=O)[O-])cc2)cc1Br. The number of hydrogen-bond acceptors (Lipinski definition) is 6. The molecule has 0 unspecified atom stereocenters. The van der Waals surface area contributed by atoms with Gasteiger partial charge in [-0.15, -0.1) is 0 Å². The molecule has 0 spiro atoms. The van der Waals surface area contributed by atoms with E-state index in [2.05, 4.69) is 21.2 Å². The van der Waals surface area contributed by atoms with Gasteiger partial charge in [0.1, 0.15) is 6.61 Å². The van der Waals surface area contributed by atoms with Crippen LogP contribution < -0.4 is 14.8 Å². The van der Waals surface area contributed by atoms with Crippen LogP contribution in [0.2, 0.25) is 0 Å². The molecule has 8 heteroatoms. The molecule has 0 radical (unpaired) electrons. The molecule has 0 saturated heterocycles. The van der Waals surface area contributed by atoms with E-state index in [9.17, 15) is 10.1 Å². The van der Waals surface area contributed by atoms with Gasteiger partial charge < -0.3 is 19.5 Å². The summed E-state index contributed by atoms with van der Waals surface area (Å²) in [4.78, 5) is 10.3. The summed E-state index contributed by atoms with van der Waals surface area (Å²) < 4.78 is 17.6. The van der Waals surface area contributed by atoms with Crippen LogP contribution in [0.25, 0.3) is 0 Å². The number of halogens is 1. The van der Waals surface area contributed by atoms with E-state index in [4.69, 9.17) is 14.2 Å². The van der Waals surface area contributed by atoms with Crippen LogP contribution in [0.5, 0.6) is 11.5 Å². The van der Waals surface area contributed by atoms with Crippen molar-refractivity contribution in [1.29, 1.82) is 0 Å². The topological polar surface area (TPSA) is 82.9 Å². The molecule has 152 valence electrons. The van der Waals surface area contributed by atoms with Crippen molar-refractivity contribution in [2.75, 3.05) is 26.9 Å². The van der Waals surface area contributed by atoms with Crippen LogP contribution in [0.1, 0.15) is 24.5 Å². The maximum Gasteiger partial charge on any atom is 0.269 e. The van der Waals surface area contributed by atoms with Crippen molar-refractivity contribution in [3.05, 3.63) is 62.1 Å². The van der Waals surface area contributed by atoms with E-state index < -0.39 is 4.92 Å². The Hall–Kier alpha value is -2.16. The molecule has 2 aromatic rings. The summed E-state index contributed by atoms with van der Waals surface area (Å²) in [6, 6.07) is 10.1. The zero-order valence-corrected chi connectivity index (χ0v) is 17.7. The fraction of sp³-hybridized carbons (Fsp3) is 0.400. The molecule has 0 aromatic heterocycles. The Morgan fingerprint density at radius 1 is 1.18 bits per heavy atom. The number of nitro groups is 1. The molecule has 2 aromatic carbocycles. The second kappa shape index (κ2) is 11.6. The molecule has 0 fully saturated rings. The lowest BCUT2D eigenvalue weighted by atomic mass is 10.2. The van der Waals surface area contributed by atoms with Crippen LogP contribution in [0, 0.1) is 10.1 Å². The largest absolute Gasteiger partial charge is 0.493 e. The van der Waals surface area contributed by atoms with Gasteiger partial charge in [0.2, 0.25) is 0 Å². The van der Waals surface area contributed by atoms with Gasteiger partial charge in [-0.25, -0.2) is 0 Å². The zero-order chi connectivity index (χ0) is 20.4. The summed E-state index contributed by atoms with van der Waals surface area (Å²) in [6.45, 7) is 5.34. The minimum Gasteiger partial charge on any atom is -0.493 e.